The lowest BCUT2D eigenvalue weighted by Crippen LogP contribution is -2.25. The van der Waals surface area contributed by atoms with E-state index < -0.39 is 0 Å². The minimum absolute atomic E-state index is 0.0427. The average Bonchev–Trinajstić information content (AvgIpc) is 2.19. The normalized spacial score (nSPS) is 12.2. The molecule has 1 N–H and O–H groups in total. The van der Waals surface area contributed by atoms with E-state index in [0.29, 0.717) is 6.42 Å². The molecule has 1 atom stereocenters. The molecule has 1 amide bonds. The first-order valence-electron chi connectivity index (χ1n) is 4.43. The molecule has 3 heteroatoms. The van der Waals surface area contributed by atoms with Crippen molar-refractivity contribution in [3.63, 3.8) is 0 Å². The molecule has 0 aliphatic rings. The molecule has 0 bridgehead atoms. The number of carbonyl (C=O) groups excluding carboxylic acids is 1. The van der Waals surface area contributed by atoms with Gasteiger partial charge in [0.15, 0.2) is 0 Å². The van der Waals surface area contributed by atoms with Crippen molar-refractivity contribution in [2.75, 3.05) is 0 Å². The van der Waals surface area contributed by atoms with Crippen molar-refractivity contribution in [2.45, 2.75) is 26.3 Å². The van der Waals surface area contributed by atoms with Gasteiger partial charge in [0, 0.05) is 18.8 Å². The number of nitrogens with one attached hydrogen (secondary N) is 1. The van der Waals surface area contributed by atoms with E-state index in [0.717, 1.165) is 5.56 Å². The first kappa shape index (κ1) is 9.71. The summed E-state index contributed by atoms with van der Waals surface area (Å²) in [6.45, 7) is 3.79. The van der Waals surface area contributed by atoms with Gasteiger partial charge in [-0.25, -0.2) is 0 Å². The van der Waals surface area contributed by atoms with E-state index in [4.69, 9.17) is 0 Å². The van der Waals surface area contributed by atoms with Gasteiger partial charge in [0.05, 0.1) is 6.04 Å². The van der Waals surface area contributed by atoms with Crippen LogP contribution in [0.4, 0.5) is 0 Å². The molecule has 0 saturated carbocycles. The smallest absolute Gasteiger partial charge is 0.220 e. The van der Waals surface area contributed by atoms with Gasteiger partial charge in [-0.1, -0.05) is 13.0 Å². The van der Waals surface area contributed by atoms with Crippen LogP contribution in [0.5, 0.6) is 0 Å². The molecule has 0 aromatic carbocycles. The highest BCUT2D eigenvalue weighted by molar-refractivity contribution is 5.75. The van der Waals surface area contributed by atoms with Crippen molar-refractivity contribution >= 4 is 5.91 Å². The van der Waals surface area contributed by atoms with E-state index in [1.54, 1.807) is 12.4 Å². The van der Waals surface area contributed by atoms with Crippen LogP contribution in [0.3, 0.4) is 0 Å². The summed E-state index contributed by atoms with van der Waals surface area (Å²) in [4.78, 5) is 15.1. The molecule has 3 nitrogen and oxygen atoms in total. The summed E-state index contributed by atoms with van der Waals surface area (Å²) < 4.78 is 0. The predicted molar refractivity (Wildman–Crippen MR) is 51.1 cm³/mol. The fraction of sp³-hybridized carbons (Fsp3) is 0.400. The maximum Gasteiger partial charge on any atom is 0.220 e. The Kier molecular flexibility index (Phi) is 3.43. The predicted octanol–water partition coefficient (Wildman–Crippen LogP) is 1.67. The molecule has 1 aromatic heterocycles. The van der Waals surface area contributed by atoms with Gasteiger partial charge in [0.25, 0.3) is 0 Å². The number of rotatable bonds is 3. The minimum atomic E-state index is 0.0427. The van der Waals surface area contributed by atoms with Gasteiger partial charge < -0.3 is 5.32 Å². The van der Waals surface area contributed by atoms with Crippen LogP contribution in [0, 0.1) is 0 Å². The standard InChI is InChI=1S/C10H14N2O/c1-3-10(13)12-8(2)9-5-4-6-11-7-9/h4-8H,3H2,1-2H3,(H,12,13). The highest BCUT2D eigenvalue weighted by Crippen LogP contribution is 2.09. The van der Waals surface area contributed by atoms with E-state index in [2.05, 4.69) is 10.3 Å². The molecule has 0 saturated heterocycles. The van der Waals surface area contributed by atoms with Crippen molar-refractivity contribution in [3.8, 4) is 0 Å². The molecule has 1 rings (SSSR count). The average molecular weight is 178 g/mol. The van der Waals surface area contributed by atoms with Crippen LogP contribution in [0.15, 0.2) is 24.5 Å². The maximum atomic E-state index is 11.1. The van der Waals surface area contributed by atoms with Crippen molar-refractivity contribution in [2.24, 2.45) is 0 Å². The maximum absolute atomic E-state index is 11.1. The topological polar surface area (TPSA) is 42.0 Å². The van der Waals surface area contributed by atoms with Crippen LogP contribution < -0.4 is 5.32 Å². The van der Waals surface area contributed by atoms with Crippen molar-refractivity contribution in [1.82, 2.24) is 10.3 Å². The minimum Gasteiger partial charge on any atom is -0.350 e. The molecular weight excluding hydrogens is 164 g/mol. The first-order valence-corrected chi connectivity index (χ1v) is 4.43. The molecule has 1 aromatic rings. The second-order valence-corrected chi connectivity index (χ2v) is 2.93. The van der Waals surface area contributed by atoms with Gasteiger partial charge in [-0.05, 0) is 18.6 Å². The summed E-state index contributed by atoms with van der Waals surface area (Å²) in [5, 5.41) is 2.87. The monoisotopic (exact) mass is 178 g/mol. The Hall–Kier alpha value is -1.38. The first-order chi connectivity index (χ1) is 6.24. The third-order valence-electron chi connectivity index (χ3n) is 1.88. The molecule has 0 spiro atoms. The highest BCUT2D eigenvalue weighted by atomic mass is 16.1. The quantitative estimate of drug-likeness (QED) is 0.765. The third-order valence-corrected chi connectivity index (χ3v) is 1.88. The molecule has 0 radical (unpaired) electrons. The van der Waals surface area contributed by atoms with Gasteiger partial charge in [0.2, 0.25) is 5.91 Å². The van der Waals surface area contributed by atoms with Crippen LogP contribution >= 0.6 is 0 Å². The molecular formula is C10H14N2O. The number of amides is 1. The fourth-order valence-corrected chi connectivity index (χ4v) is 1.06. The van der Waals surface area contributed by atoms with Gasteiger partial charge in [-0.15, -0.1) is 0 Å². The largest absolute Gasteiger partial charge is 0.350 e. The molecule has 1 heterocycles. The summed E-state index contributed by atoms with van der Waals surface area (Å²) in [7, 11) is 0. The third kappa shape index (κ3) is 2.86. The van der Waals surface area contributed by atoms with E-state index in [-0.39, 0.29) is 11.9 Å². The Morgan fingerprint density at radius 1 is 1.69 bits per heavy atom. The number of nitrogens with zero attached hydrogens (tertiary/aromatic N) is 1. The molecule has 0 aliphatic heterocycles. The Bertz CT molecular complexity index is 272. The molecule has 13 heavy (non-hydrogen) atoms. The summed E-state index contributed by atoms with van der Waals surface area (Å²) >= 11 is 0. The number of carbonyl (C=O) groups is 1. The van der Waals surface area contributed by atoms with Crippen molar-refractivity contribution in [1.29, 1.82) is 0 Å². The zero-order valence-electron chi connectivity index (χ0n) is 7.95. The van der Waals surface area contributed by atoms with E-state index in [9.17, 15) is 4.79 Å². The van der Waals surface area contributed by atoms with Gasteiger partial charge in [-0.3, -0.25) is 9.78 Å². The molecule has 1 unspecified atom stereocenters. The molecule has 70 valence electrons. The second-order valence-electron chi connectivity index (χ2n) is 2.93. The van der Waals surface area contributed by atoms with Crippen LogP contribution in [0.25, 0.3) is 0 Å². The lowest BCUT2D eigenvalue weighted by molar-refractivity contribution is -0.121. The summed E-state index contributed by atoms with van der Waals surface area (Å²) in [5.74, 6) is 0.0661. The lowest BCUT2D eigenvalue weighted by atomic mass is 10.1. The second kappa shape index (κ2) is 4.60. The summed E-state index contributed by atoms with van der Waals surface area (Å²) in [5.41, 5.74) is 1.03. The lowest BCUT2D eigenvalue weighted by Gasteiger charge is -2.12. The Balaban J connectivity index is 2.59. The fourth-order valence-electron chi connectivity index (χ4n) is 1.06. The number of pyridine rings is 1. The van der Waals surface area contributed by atoms with E-state index in [1.165, 1.54) is 0 Å². The zero-order valence-corrected chi connectivity index (χ0v) is 7.95. The number of hydrogen-bond donors (Lipinski definition) is 1. The van der Waals surface area contributed by atoms with E-state index >= 15 is 0 Å². The SMILES string of the molecule is CCC(=O)NC(C)c1cccnc1. The van der Waals surface area contributed by atoms with Crippen LogP contribution in [0.1, 0.15) is 31.9 Å². The van der Waals surface area contributed by atoms with Crippen molar-refractivity contribution < 1.29 is 4.79 Å². The van der Waals surface area contributed by atoms with Crippen LogP contribution in [0.2, 0.25) is 0 Å². The summed E-state index contributed by atoms with van der Waals surface area (Å²) in [6.07, 6.45) is 4.00. The molecule has 0 fully saturated rings. The van der Waals surface area contributed by atoms with Crippen LogP contribution in [-0.4, -0.2) is 10.9 Å². The van der Waals surface area contributed by atoms with Gasteiger partial charge in [-0.2, -0.15) is 0 Å². The highest BCUT2D eigenvalue weighted by Gasteiger charge is 2.06. The Morgan fingerprint density at radius 2 is 2.46 bits per heavy atom. The molecule has 0 aliphatic carbocycles. The van der Waals surface area contributed by atoms with Gasteiger partial charge in [0.1, 0.15) is 0 Å². The summed E-state index contributed by atoms with van der Waals surface area (Å²) in [6, 6.07) is 3.86. The van der Waals surface area contributed by atoms with E-state index in [1.807, 2.05) is 26.0 Å². The zero-order chi connectivity index (χ0) is 9.68. The Labute approximate surface area is 78.2 Å². The number of hydrogen-bond acceptors (Lipinski definition) is 2. The van der Waals surface area contributed by atoms with Crippen LogP contribution in [-0.2, 0) is 4.79 Å². The van der Waals surface area contributed by atoms with Crippen molar-refractivity contribution in [3.05, 3.63) is 30.1 Å². The number of aromatic nitrogens is 1. The van der Waals surface area contributed by atoms with Gasteiger partial charge >= 0.3 is 0 Å². The Morgan fingerprint density at radius 3 is 3.00 bits per heavy atom.